The maximum Gasteiger partial charge on any atom is 0.319 e. The molecule has 0 unspecified atom stereocenters. The first-order valence-corrected chi connectivity index (χ1v) is 5.70. The Balaban J connectivity index is 2.31. The highest BCUT2D eigenvalue weighted by molar-refractivity contribution is 5.89. The van der Waals surface area contributed by atoms with Gasteiger partial charge in [0.15, 0.2) is 0 Å². The van der Waals surface area contributed by atoms with Crippen molar-refractivity contribution in [2.45, 2.75) is 13.3 Å². The number of benzene rings is 1. The van der Waals surface area contributed by atoms with E-state index in [1.54, 1.807) is 0 Å². The number of ether oxygens (including phenoxy) is 1. The van der Waals surface area contributed by atoms with Gasteiger partial charge >= 0.3 is 6.03 Å². The second-order valence-corrected chi connectivity index (χ2v) is 3.59. The topological polar surface area (TPSA) is 50.4 Å². The zero-order chi connectivity index (χ0) is 13.4. The lowest BCUT2D eigenvalue weighted by Gasteiger charge is -2.07. The van der Waals surface area contributed by atoms with Crippen molar-refractivity contribution in [1.82, 2.24) is 5.32 Å². The van der Waals surface area contributed by atoms with Crippen LogP contribution in [0.5, 0.6) is 0 Å². The maximum absolute atomic E-state index is 12.8. The number of urea groups is 1. The SMILES string of the molecule is CCOCCCNC(=O)Nc1cc(F)cc(F)c1. The number of hydrogen-bond donors (Lipinski definition) is 2. The molecule has 0 aromatic heterocycles. The van der Waals surface area contributed by atoms with E-state index in [2.05, 4.69) is 10.6 Å². The van der Waals surface area contributed by atoms with Gasteiger partial charge in [-0.3, -0.25) is 0 Å². The van der Waals surface area contributed by atoms with Crippen LogP contribution in [0.3, 0.4) is 0 Å². The van der Waals surface area contributed by atoms with Crippen molar-refractivity contribution in [2.75, 3.05) is 25.1 Å². The Bertz CT molecular complexity index is 379. The summed E-state index contributed by atoms with van der Waals surface area (Å²) in [6.07, 6.45) is 0.679. The first-order chi connectivity index (χ1) is 8.61. The molecule has 4 nitrogen and oxygen atoms in total. The molecule has 0 heterocycles. The van der Waals surface area contributed by atoms with Crippen LogP contribution in [0.4, 0.5) is 19.3 Å². The Kier molecular flexibility index (Phi) is 6.07. The third kappa shape index (κ3) is 5.58. The fourth-order valence-electron chi connectivity index (χ4n) is 1.32. The molecule has 1 aromatic carbocycles. The Morgan fingerprint density at radius 2 is 1.94 bits per heavy atom. The van der Waals surface area contributed by atoms with Crippen molar-refractivity contribution >= 4 is 11.7 Å². The Labute approximate surface area is 104 Å². The number of nitrogens with one attached hydrogen (secondary N) is 2. The Hall–Kier alpha value is -1.69. The van der Waals surface area contributed by atoms with Gasteiger partial charge in [-0.1, -0.05) is 0 Å². The lowest BCUT2D eigenvalue weighted by Crippen LogP contribution is -2.30. The summed E-state index contributed by atoms with van der Waals surface area (Å²) >= 11 is 0. The fraction of sp³-hybridized carbons (Fsp3) is 0.417. The number of halogens is 2. The summed E-state index contributed by atoms with van der Waals surface area (Å²) in [5, 5.41) is 4.90. The molecule has 100 valence electrons. The highest BCUT2D eigenvalue weighted by atomic mass is 19.1. The van der Waals surface area contributed by atoms with E-state index in [0.29, 0.717) is 26.2 Å². The van der Waals surface area contributed by atoms with E-state index in [1.165, 1.54) is 0 Å². The van der Waals surface area contributed by atoms with Gasteiger partial charge in [0, 0.05) is 31.5 Å². The number of carbonyl (C=O) groups excluding carboxylic acids is 1. The van der Waals surface area contributed by atoms with Gasteiger partial charge in [0.25, 0.3) is 0 Å². The van der Waals surface area contributed by atoms with Crippen LogP contribution in [0.2, 0.25) is 0 Å². The van der Waals surface area contributed by atoms with E-state index in [0.717, 1.165) is 18.2 Å². The van der Waals surface area contributed by atoms with Crippen LogP contribution in [-0.2, 0) is 4.74 Å². The molecule has 0 bridgehead atoms. The van der Waals surface area contributed by atoms with Crippen LogP contribution >= 0.6 is 0 Å². The predicted octanol–water partition coefficient (Wildman–Crippen LogP) is 2.51. The molecule has 0 aliphatic rings. The standard InChI is InChI=1S/C12H16F2N2O2/c1-2-18-5-3-4-15-12(17)16-11-7-9(13)6-10(14)8-11/h6-8H,2-5H2,1H3,(H2,15,16,17). The lowest BCUT2D eigenvalue weighted by molar-refractivity contribution is 0.145. The van der Waals surface area contributed by atoms with E-state index in [4.69, 9.17) is 4.74 Å². The third-order valence-corrected chi connectivity index (χ3v) is 2.08. The number of rotatable bonds is 6. The van der Waals surface area contributed by atoms with Crippen molar-refractivity contribution in [2.24, 2.45) is 0 Å². The first kappa shape index (κ1) is 14.4. The van der Waals surface area contributed by atoms with E-state index < -0.39 is 17.7 Å². The summed E-state index contributed by atoms with van der Waals surface area (Å²) in [6, 6.07) is 2.33. The summed E-state index contributed by atoms with van der Waals surface area (Å²) in [7, 11) is 0. The van der Waals surface area contributed by atoms with Crippen LogP contribution in [0, 0.1) is 11.6 Å². The number of hydrogen-bond acceptors (Lipinski definition) is 2. The molecule has 1 rings (SSSR count). The molecule has 0 radical (unpaired) electrons. The molecule has 2 N–H and O–H groups in total. The Morgan fingerprint density at radius 1 is 1.28 bits per heavy atom. The number of anilines is 1. The van der Waals surface area contributed by atoms with Gasteiger partial charge < -0.3 is 15.4 Å². The second-order valence-electron chi connectivity index (χ2n) is 3.59. The highest BCUT2D eigenvalue weighted by Crippen LogP contribution is 2.12. The van der Waals surface area contributed by atoms with Gasteiger partial charge in [0.1, 0.15) is 11.6 Å². The molecule has 0 atom stereocenters. The molecule has 0 fully saturated rings. The summed E-state index contributed by atoms with van der Waals surface area (Å²) in [6.45, 7) is 3.52. The van der Waals surface area contributed by atoms with Crippen LogP contribution in [0.15, 0.2) is 18.2 Å². The van der Waals surface area contributed by atoms with Crippen molar-refractivity contribution in [3.8, 4) is 0 Å². The lowest BCUT2D eigenvalue weighted by atomic mass is 10.3. The molecular formula is C12H16F2N2O2. The van der Waals surface area contributed by atoms with Gasteiger partial charge in [-0.05, 0) is 25.5 Å². The molecule has 18 heavy (non-hydrogen) atoms. The molecule has 1 aromatic rings. The molecule has 0 spiro atoms. The zero-order valence-electron chi connectivity index (χ0n) is 10.1. The van der Waals surface area contributed by atoms with Crippen LogP contribution < -0.4 is 10.6 Å². The summed E-state index contributed by atoms with van der Waals surface area (Å²) < 4.78 is 30.8. The largest absolute Gasteiger partial charge is 0.382 e. The minimum absolute atomic E-state index is 0.0785. The number of amides is 2. The van der Waals surface area contributed by atoms with E-state index >= 15 is 0 Å². The molecule has 6 heteroatoms. The van der Waals surface area contributed by atoms with E-state index in [9.17, 15) is 13.6 Å². The van der Waals surface area contributed by atoms with Crippen molar-refractivity contribution in [3.63, 3.8) is 0 Å². The van der Waals surface area contributed by atoms with Crippen LogP contribution in [-0.4, -0.2) is 25.8 Å². The van der Waals surface area contributed by atoms with E-state index in [1.807, 2.05) is 6.92 Å². The highest BCUT2D eigenvalue weighted by Gasteiger charge is 2.04. The summed E-state index contributed by atoms with van der Waals surface area (Å²) in [5.74, 6) is -1.47. The number of carbonyl (C=O) groups is 1. The van der Waals surface area contributed by atoms with Gasteiger partial charge in [0.05, 0.1) is 0 Å². The molecule has 2 amide bonds. The predicted molar refractivity (Wildman–Crippen MR) is 64.5 cm³/mol. The van der Waals surface area contributed by atoms with Gasteiger partial charge in [-0.25, -0.2) is 13.6 Å². The fourth-order valence-corrected chi connectivity index (χ4v) is 1.32. The third-order valence-electron chi connectivity index (χ3n) is 2.08. The normalized spacial score (nSPS) is 10.2. The molecule has 0 aliphatic carbocycles. The second kappa shape index (κ2) is 7.60. The Morgan fingerprint density at radius 3 is 2.56 bits per heavy atom. The smallest absolute Gasteiger partial charge is 0.319 e. The van der Waals surface area contributed by atoms with Crippen molar-refractivity contribution in [3.05, 3.63) is 29.8 Å². The average molecular weight is 258 g/mol. The van der Waals surface area contributed by atoms with Gasteiger partial charge in [-0.15, -0.1) is 0 Å². The van der Waals surface area contributed by atoms with Crippen molar-refractivity contribution in [1.29, 1.82) is 0 Å². The van der Waals surface area contributed by atoms with Crippen molar-refractivity contribution < 1.29 is 18.3 Å². The van der Waals surface area contributed by atoms with Crippen LogP contribution in [0.1, 0.15) is 13.3 Å². The quantitative estimate of drug-likeness (QED) is 0.770. The van der Waals surface area contributed by atoms with E-state index in [-0.39, 0.29) is 5.69 Å². The molecule has 0 saturated heterocycles. The van der Waals surface area contributed by atoms with Gasteiger partial charge in [-0.2, -0.15) is 0 Å². The maximum atomic E-state index is 12.8. The monoisotopic (exact) mass is 258 g/mol. The minimum atomic E-state index is -0.735. The summed E-state index contributed by atoms with van der Waals surface area (Å²) in [5.41, 5.74) is 0.0785. The van der Waals surface area contributed by atoms with Gasteiger partial charge in [0.2, 0.25) is 0 Å². The molecule has 0 saturated carbocycles. The molecule has 0 aliphatic heterocycles. The minimum Gasteiger partial charge on any atom is -0.382 e. The van der Waals surface area contributed by atoms with Crippen LogP contribution in [0.25, 0.3) is 0 Å². The average Bonchev–Trinajstić information content (AvgIpc) is 2.27. The first-order valence-electron chi connectivity index (χ1n) is 5.70. The zero-order valence-corrected chi connectivity index (χ0v) is 10.1. The summed E-state index contributed by atoms with van der Waals surface area (Å²) in [4.78, 5) is 11.4. The molecular weight excluding hydrogens is 242 g/mol.